The molecule has 10 heteroatoms. The largest absolute Gasteiger partial charge is 0.466 e. The molecule has 1 aromatic carbocycles. The number of benzene rings is 1. The average Bonchev–Trinajstić information content (AvgIpc) is 2.69. The number of primary amides is 1. The van der Waals surface area contributed by atoms with Crippen LogP contribution in [0.3, 0.4) is 0 Å². The Morgan fingerprint density at radius 3 is 2.37 bits per heavy atom. The minimum atomic E-state index is -1.21. The maximum absolute atomic E-state index is 12.1. The number of rotatable bonds is 12. The highest BCUT2D eigenvalue weighted by molar-refractivity contribution is 5.87. The van der Waals surface area contributed by atoms with Gasteiger partial charge in [-0.1, -0.05) is 37.3 Å². The van der Waals surface area contributed by atoms with Crippen LogP contribution in [-0.4, -0.2) is 54.3 Å². The lowest BCUT2D eigenvalue weighted by Gasteiger charge is -2.22. The van der Waals surface area contributed by atoms with Gasteiger partial charge in [-0.15, -0.1) is 0 Å². The molecule has 1 rings (SSSR count). The molecule has 0 radical (unpaired) electrons. The molecule has 0 saturated heterocycles. The van der Waals surface area contributed by atoms with Crippen molar-refractivity contribution in [1.29, 1.82) is 0 Å². The predicted octanol–water partition coefficient (Wildman–Crippen LogP) is 0.223. The fourth-order valence-corrected chi connectivity index (χ4v) is 2.59. The zero-order chi connectivity index (χ0) is 22.5. The highest BCUT2D eigenvalue weighted by atomic mass is 16.5. The molecule has 10 nitrogen and oxygen atoms in total. The lowest BCUT2D eigenvalue weighted by molar-refractivity contribution is -0.145. The van der Waals surface area contributed by atoms with Crippen molar-refractivity contribution in [1.82, 2.24) is 10.6 Å². The standard InChI is InChI=1S/C20H29N3O7/c1-3-29-17(26)9-13(2)18(19(21)27)23-16(25)10-15(24)11-22-20(28)30-12-14-7-5-4-6-8-14/h4-8,13,15,18,24H,3,9-12H2,1-2H3,(H2,21,27)(H,22,28)(H,23,25)/t13-,15+,18-/m1/s1. The molecule has 0 heterocycles. The fourth-order valence-electron chi connectivity index (χ4n) is 2.59. The Balaban J connectivity index is 2.39. The van der Waals surface area contributed by atoms with Crippen LogP contribution in [0.5, 0.6) is 0 Å². The Bertz CT molecular complexity index is 712. The van der Waals surface area contributed by atoms with Gasteiger partial charge in [-0.05, 0) is 18.4 Å². The topological polar surface area (TPSA) is 157 Å². The summed E-state index contributed by atoms with van der Waals surface area (Å²) in [6, 6.07) is 7.95. The molecular weight excluding hydrogens is 394 g/mol. The number of alkyl carbamates (subject to hydrolysis) is 1. The van der Waals surface area contributed by atoms with Crippen LogP contribution in [-0.2, 0) is 30.5 Å². The van der Waals surface area contributed by atoms with Gasteiger partial charge in [-0.2, -0.15) is 0 Å². The Hall–Kier alpha value is -3.14. The SMILES string of the molecule is CCOC(=O)C[C@@H](C)[C@@H](NC(=O)C[C@H](O)CNC(=O)OCc1ccccc1)C(N)=O. The van der Waals surface area contributed by atoms with Crippen molar-refractivity contribution >= 4 is 23.9 Å². The van der Waals surface area contributed by atoms with Gasteiger partial charge < -0.3 is 30.9 Å². The number of esters is 1. The van der Waals surface area contributed by atoms with Crippen molar-refractivity contribution in [3.8, 4) is 0 Å². The van der Waals surface area contributed by atoms with Crippen molar-refractivity contribution in [2.75, 3.05) is 13.2 Å². The molecule has 1 aromatic rings. The molecule has 0 spiro atoms. The number of carbonyl (C=O) groups excluding carboxylic acids is 4. The maximum Gasteiger partial charge on any atom is 0.407 e. The van der Waals surface area contributed by atoms with E-state index in [1.165, 1.54) is 0 Å². The molecule has 0 fully saturated rings. The number of ether oxygens (including phenoxy) is 2. The molecule has 0 unspecified atom stereocenters. The summed E-state index contributed by atoms with van der Waals surface area (Å²) in [5.74, 6) is -2.56. The van der Waals surface area contributed by atoms with E-state index in [2.05, 4.69) is 10.6 Å². The number of aliphatic hydroxyl groups excluding tert-OH is 1. The van der Waals surface area contributed by atoms with E-state index >= 15 is 0 Å². The van der Waals surface area contributed by atoms with Gasteiger partial charge >= 0.3 is 12.1 Å². The number of aliphatic hydroxyl groups is 1. The normalized spacial score (nSPS) is 13.4. The second kappa shape index (κ2) is 13.2. The lowest BCUT2D eigenvalue weighted by atomic mass is 9.97. The molecule has 3 atom stereocenters. The molecule has 30 heavy (non-hydrogen) atoms. The third-order valence-corrected chi connectivity index (χ3v) is 4.10. The van der Waals surface area contributed by atoms with E-state index in [0.717, 1.165) is 5.56 Å². The first-order valence-corrected chi connectivity index (χ1v) is 9.59. The number of nitrogens with two attached hydrogens (primary N) is 1. The Labute approximate surface area is 175 Å². The summed E-state index contributed by atoms with van der Waals surface area (Å²) in [4.78, 5) is 47.0. The minimum absolute atomic E-state index is 0.0713. The smallest absolute Gasteiger partial charge is 0.407 e. The summed E-state index contributed by atoms with van der Waals surface area (Å²) in [6.07, 6.45) is -2.42. The van der Waals surface area contributed by atoms with Crippen LogP contribution in [0.1, 0.15) is 32.3 Å². The van der Waals surface area contributed by atoms with E-state index in [1.807, 2.05) is 18.2 Å². The third-order valence-electron chi connectivity index (χ3n) is 4.10. The first-order valence-electron chi connectivity index (χ1n) is 9.59. The molecule has 0 aliphatic heterocycles. The molecule has 5 N–H and O–H groups in total. The third kappa shape index (κ3) is 9.87. The number of nitrogens with one attached hydrogen (secondary N) is 2. The van der Waals surface area contributed by atoms with E-state index in [1.54, 1.807) is 26.0 Å². The van der Waals surface area contributed by atoms with E-state index in [9.17, 15) is 24.3 Å². The second-order valence-electron chi connectivity index (χ2n) is 6.73. The highest BCUT2D eigenvalue weighted by Crippen LogP contribution is 2.10. The van der Waals surface area contributed by atoms with E-state index < -0.39 is 41.9 Å². The Morgan fingerprint density at radius 2 is 1.77 bits per heavy atom. The van der Waals surface area contributed by atoms with Crippen molar-refractivity contribution in [3.05, 3.63) is 35.9 Å². The Kier molecular flexibility index (Phi) is 10.9. The molecule has 0 aromatic heterocycles. The Morgan fingerprint density at radius 1 is 1.10 bits per heavy atom. The zero-order valence-corrected chi connectivity index (χ0v) is 17.1. The van der Waals surface area contributed by atoms with Crippen LogP contribution in [0, 0.1) is 5.92 Å². The second-order valence-corrected chi connectivity index (χ2v) is 6.73. The van der Waals surface area contributed by atoms with Crippen LogP contribution in [0.25, 0.3) is 0 Å². The van der Waals surface area contributed by atoms with Gasteiger partial charge in [0.15, 0.2) is 0 Å². The van der Waals surface area contributed by atoms with Crippen LogP contribution in [0.2, 0.25) is 0 Å². The van der Waals surface area contributed by atoms with Gasteiger partial charge in [0.1, 0.15) is 12.6 Å². The number of carbonyl (C=O) groups is 4. The number of amides is 3. The summed E-state index contributed by atoms with van der Waals surface area (Å²) in [7, 11) is 0. The molecule has 0 saturated carbocycles. The van der Waals surface area contributed by atoms with Crippen molar-refractivity contribution in [2.45, 2.75) is 45.4 Å². The highest BCUT2D eigenvalue weighted by Gasteiger charge is 2.27. The summed E-state index contributed by atoms with van der Waals surface area (Å²) in [5, 5.41) is 14.7. The first kappa shape index (κ1) is 24.9. The first-order chi connectivity index (χ1) is 14.2. The lowest BCUT2D eigenvalue weighted by Crippen LogP contribution is -2.50. The summed E-state index contributed by atoms with van der Waals surface area (Å²) >= 11 is 0. The van der Waals surface area contributed by atoms with Gasteiger partial charge in [0, 0.05) is 6.54 Å². The van der Waals surface area contributed by atoms with Crippen molar-refractivity contribution in [2.24, 2.45) is 11.7 Å². The molecular formula is C20H29N3O7. The molecule has 0 bridgehead atoms. The molecule has 0 aliphatic rings. The number of hydrogen-bond donors (Lipinski definition) is 4. The summed E-state index contributed by atoms with van der Waals surface area (Å²) in [6.45, 7) is 3.28. The molecule has 0 aliphatic carbocycles. The van der Waals surface area contributed by atoms with Gasteiger partial charge in [0.2, 0.25) is 11.8 Å². The monoisotopic (exact) mass is 423 g/mol. The number of hydrogen-bond acceptors (Lipinski definition) is 7. The predicted molar refractivity (Wildman–Crippen MR) is 107 cm³/mol. The van der Waals surface area contributed by atoms with Gasteiger partial charge in [-0.3, -0.25) is 14.4 Å². The zero-order valence-electron chi connectivity index (χ0n) is 17.1. The van der Waals surface area contributed by atoms with Crippen LogP contribution >= 0.6 is 0 Å². The molecule has 3 amide bonds. The van der Waals surface area contributed by atoms with Gasteiger partial charge in [0.25, 0.3) is 0 Å². The van der Waals surface area contributed by atoms with Crippen LogP contribution < -0.4 is 16.4 Å². The van der Waals surface area contributed by atoms with Crippen molar-refractivity contribution < 1.29 is 33.8 Å². The maximum atomic E-state index is 12.1. The fraction of sp³-hybridized carbons (Fsp3) is 0.500. The van der Waals surface area contributed by atoms with E-state index in [0.29, 0.717) is 0 Å². The average molecular weight is 423 g/mol. The quantitative estimate of drug-likeness (QED) is 0.350. The minimum Gasteiger partial charge on any atom is -0.466 e. The summed E-state index contributed by atoms with van der Waals surface area (Å²) in [5.41, 5.74) is 6.11. The summed E-state index contributed by atoms with van der Waals surface area (Å²) < 4.78 is 9.82. The van der Waals surface area contributed by atoms with Crippen LogP contribution in [0.4, 0.5) is 4.79 Å². The van der Waals surface area contributed by atoms with Gasteiger partial charge in [0.05, 0.1) is 25.6 Å². The molecule has 166 valence electrons. The van der Waals surface area contributed by atoms with E-state index in [4.69, 9.17) is 15.2 Å². The van der Waals surface area contributed by atoms with Gasteiger partial charge in [-0.25, -0.2) is 4.79 Å². The van der Waals surface area contributed by atoms with Crippen molar-refractivity contribution in [3.63, 3.8) is 0 Å². The van der Waals surface area contributed by atoms with E-state index in [-0.39, 0.29) is 32.6 Å². The van der Waals surface area contributed by atoms with Crippen LogP contribution in [0.15, 0.2) is 30.3 Å².